The predicted molar refractivity (Wildman–Crippen MR) is 124 cm³/mol. The van der Waals surface area contributed by atoms with Crippen LogP contribution in [0.4, 0.5) is 5.82 Å². The van der Waals surface area contributed by atoms with E-state index >= 15 is 0 Å². The second-order valence-electron chi connectivity index (χ2n) is 9.50. The number of Topliss-reactive ketones (excluding diaryl/α,β-unsaturated/α-hetero) is 1. The summed E-state index contributed by atoms with van der Waals surface area (Å²) in [6.45, 7) is 3.43. The van der Waals surface area contributed by atoms with Crippen LogP contribution in [0, 0.1) is 11.8 Å². The predicted octanol–water partition coefficient (Wildman–Crippen LogP) is 1.18. The highest BCUT2D eigenvalue weighted by molar-refractivity contribution is 5.91. The van der Waals surface area contributed by atoms with Crippen molar-refractivity contribution in [3.8, 4) is 0 Å². The summed E-state index contributed by atoms with van der Waals surface area (Å²) in [6, 6.07) is 3.28. The number of hydrogen-bond acceptors (Lipinski definition) is 8. The van der Waals surface area contributed by atoms with Crippen molar-refractivity contribution in [2.24, 2.45) is 11.8 Å². The summed E-state index contributed by atoms with van der Waals surface area (Å²) in [4.78, 5) is 44.2. The molecule has 1 aromatic rings. The van der Waals surface area contributed by atoms with Gasteiger partial charge in [-0.25, -0.2) is 15.5 Å². The number of carbonyl (C=O) groups excluding carboxylic acids is 3. The lowest BCUT2D eigenvalue weighted by atomic mass is 9.91. The van der Waals surface area contributed by atoms with Crippen molar-refractivity contribution in [1.82, 2.24) is 20.5 Å². The van der Waals surface area contributed by atoms with Gasteiger partial charge in [0.1, 0.15) is 11.9 Å². The summed E-state index contributed by atoms with van der Waals surface area (Å²) in [5.74, 6) is 0.451. The molecule has 1 saturated carbocycles. The van der Waals surface area contributed by atoms with Crippen molar-refractivity contribution in [3.05, 3.63) is 23.9 Å². The lowest BCUT2D eigenvalue weighted by Gasteiger charge is -2.30. The van der Waals surface area contributed by atoms with Crippen LogP contribution in [0.2, 0.25) is 0 Å². The summed E-state index contributed by atoms with van der Waals surface area (Å²) < 4.78 is 5.38. The molecular formula is C24H35N5O5. The number of nitrogens with zero attached hydrogens (tertiary/aromatic N) is 4. The monoisotopic (exact) mass is 473 g/mol. The fraction of sp³-hybridized carbons (Fsp3) is 0.667. The SMILES string of the molecule is O=CN(O)C[C@@H](CC1CCCC1)C(=O)N1NCC[C@H]1C(=O)Cc1ccc(N2CCOCC2)nc1. The van der Waals surface area contributed by atoms with E-state index in [9.17, 15) is 19.6 Å². The van der Waals surface area contributed by atoms with Gasteiger partial charge in [-0.2, -0.15) is 0 Å². The Morgan fingerprint density at radius 2 is 2.00 bits per heavy atom. The third kappa shape index (κ3) is 6.11. The highest BCUT2D eigenvalue weighted by Crippen LogP contribution is 2.32. The maximum atomic E-state index is 13.4. The molecule has 1 aromatic heterocycles. The molecule has 0 spiro atoms. The van der Waals surface area contributed by atoms with Gasteiger partial charge < -0.3 is 9.64 Å². The summed E-state index contributed by atoms with van der Waals surface area (Å²) >= 11 is 0. The molecule has 10 nitrogen and oxygen atoms in total. The van der Waals surface area contributed by atoms with Crippen LogP contribution < -0.4 is 10.3 Å². The van der Waals surface area contributed by atoms with E-state index in [1.807, 2.05) is 12.1 Å². The second kappa shape index (κ2) is 11.7. The molecule has 10 heteroatoms. The van der Waals surface area contributed by atoms with Gasteiger partial charge in [0.15, 0.2) is 5.78 Å². The Morgan fingerprint density at radius 3 is 2.68 bits per heavy atom. The van der Waals surface area contributed by atoms with Gasteiger partial charge in [0, 0.05) is 32.3 Å². The molecule has 4 rings (SSSR count). The number of rotatable bonds is 10. The molecule has 3 heterocycles. The number of aromatic nitrogens is 1. The molecule has 1 aliphatic carbocycles. The first-order valence-corrected chi connectivity index (χ1v) is 12.3. The highest BCUT2D eigenvalue weighted by atomic mass is 16.5. The molecule has 2 saturated heterocycles. The van der Waals surface area contributed by atoms with E-state index in [2.05, 4.69) is 15.3 Å². The van der Waals surface area contributed by atoms with Crippen molar-refractivity contribution in [1.29, 1.82) is 0 Å². The zero-order valence-electron chi connectivity index (χ0n) is 19.6. The topological polar surface area (TPSA) is 115 Å². The first-order valence-electron chi connectivity index (χ1n) is 12.3. The van der Waals surface area contributed by atoms with Gasteiger partial charge >= 0.3 is 0 Å². The average molecular weight is 474 g/mol. The molecule has 34 heavy (non-hydrogen) atoms. The molecule has 3 aliphatic rings. The third-order valence-corrected chi connectivity index (χ3v) is 7.11. The molecule has 2 atom stereocenters. The maximum absolute atomic E-state index is 13.4. The van der Waals surface area contributed by atoms with Crippen LogP contribution in [-0.2, 0) is 25.5 Å². The van der Waals surface area contributed by atoms with Crippen LogP contribution in [0.15, 0.2) is 18.3 Å². The number of hydrazine groups is 1. The first kappa shape index (κ1) is 24.6. The average Bonchev–Trinajstić information content (AvgIpc) is 3.56. The van der Waals surface area contributed by atoms with Gasteiger partial charge in [-0.1, -0.05) is 31.7 Å². The van der Waals surface area contributed by atoms with Crippen LogP contribution in [0.1, 0.15) is 44.1 Å². The van der Waals surface area contributed by atoms with Gasteiger partial charge in [0.2, 0.25) is 12.3 Å². The van der Waals surface area contributed by atoms with E-state index in [0.29, 0.717) is 50.0 Å². The molecular weight excluding hydrogens is 438 g/mol. The second-order valence-corrected chi connectivity index (χ2v) is 9.50. The van der Waals surface area contributed by atoms with Gasteiger partial charge in [-0.3, -0.25) is 24.6 Å². The molecule has 2 N–H and O–H groups in total. The summed E-state index contributed by atoms with van der Waals surface area (Å²) in [6.07, 6.45) is 7.79. The van der Waals surface area contributed by atoms with Gasteiger partial charge in [-0.15, -0.1) is 0 Å². The number of pyridine rings is 1. The molecule has 3 fully saturated rings. The van der Waals surface area contributed by atoms with Gasteiger partial charge in [0.05, 0.1) is 25.7 Å². The minimum atomic E-state index is -0.569. The van der Waals surface area contributed by atoms with Crippen LogP contribution >= 0.6 is 0 Å². The Balaban J connectivity index is 1.38. The van der Waals surface area contributed by atoms with Crippen LogP contribution in [0.25, 0.3) is 0 Å². The van der Waals surface area contributed by atoms with E-state index < -0.39 is 12.0 Å². The zero-order chi connectivity index (χ0) is 23.9. The summed E-state index contributed by atoms with van der Waals surface area (Å²) in [5.41, 5.74) is 3.87. The minimum Gasteiger partial charge on any atom is -0.378 e. The van der Waals surface area contributed by atoms with Crippen molar-refractivity contribution in [2.45, 2.75) is 51.0 Å². The fourth-order valence-electron chi connectivity index (χ4n) is 5.28. The lowest BCUT2D eigenvalue weighted by Crippen LogP contribution is -2.50. The quantitative estimate of drug-likeness (QED) is 0.296. The van der Waals surface area contributed by atoms with E-state index in [0.717, 1.165) is 50.2 Å². The number of ketones is 1. The number of carbonyl (C=O) groups is 3. The van der Waals surface area contributed by atoms with Gasteiger partial charge in [0.25, 0.3) is 0 Å². The number of amides is 2. The largest absolute Gasteiger partial charge is 0.378 e. The van der Waals surface area contributed by atoms with E-state index in [-0.39, 0.29) is 24.7 Å². The smallest absolute Gasteiger partial charge is 0.242 e. The normalized spacial score (nSPS) is 22.1. The van der Waals surface area contributed by atoms with E-state index in [1.54, 1.807) is 6.20 Å². The van der Waals surface area contributed by atoms with Crippen molar-refractivity contribution >= 4 is 23.9 Å². The number of nitrogens with one attached hydrogen (secondary N) is 1. The zero-order valence-corrected chi connectivity index (χ0v) is 19.6. The molecule has 2 aliphatic heterocycles. The Morgan fingerprint density at radius 1 is 1.24 bits per heavy atom. The molecule has 0 radical (unpaired) electrons. The first-order chi connectivity index (χ1) is 16.5. The summed E-state index contributed by atoms with van der Waals surface area (Å²) in [7, 11) is 0. The van der Waals surface area contributed by atoms with Gasteiger partial charge in [-0.05, 0) is 30.4 Å². The number of hydrogen-bond donors (Lipinski definition) is 2. The van der Waals surface area contributed by atoms with E-state index in [4.69, 9.17) is 4.74 Å². The Labute approximate surface area is 200 Å². The van der Waals surface area contributed by atoms with Crippen LogP contribution in [0.3, 0.4) is 0 Å². The number of morpholine rings is 1. The van der Waals surface area contributed by atoms with Crippen molar-refractivity contribution in [2.75, 3.05) is 44.3 Å². The lowest BCUT2D eigenvalue weighted by molar-refractivity contribution is -0.159. The number of anilines is 1. The maximum Gasteiger partial charge on any atom is 0.242 e. The Bertz CT molecular complexity index is 839. The van der Waals surface area contributed by atoms with Crippen molar-refractivity contribution < 1.29 is 24.3 Å². The van der Waals surface area contributed by atoms with E-state index in [1.165, 1.54) is 5.01 Å². The summed E-state index contributed by atoms with van der Waals surface area (Å²) in [5, 5.41) is 11.7. The third-order valence-electron chi connectivity index (χ3n) is 7.11. The number of ether oxygens (including phenoxy) is 1. The molecule has 0 unspecified atom stereocenters. The standard InChI is InChI=1S/C24H35N5O5/c30-17-28(33)16-20(13-18-3-1-2-4-18)24(32)29-21(7-8-26-29)22(31)14-19-5-6-23(25-15-19)27-9-11-34-12-10-27/h5-6,15,17-18,20-21,26,33H,1-4,7-14,16H2/t20-,21+/m1/s1. The minimum absolute atomic E-state index is 0.0462. The molecule has 186 valence electrons. The van der Waals surface area contributed by atoms with Crippen LogP contribution in [-0.4, -0.2) is 83.8 Å². The molecule has 0 bridgehead atoms. The van der Waals surface area contributed by atoms with Crippen molar-refractivity contribution in [3.63, 3.8) is 0 Å². The van der Waals surface area contributed by atoms with Crippen LogP contribution in [0.5, 0.6) is 0 Å². The Kier molecular flexibility index (Phi) is 8.47. The fourth-order valence-corrected chi connectivity index (χ4v) is 5.28. The molecule has 2 amide bonds. The Hall–Kier alpha value is -2.56. The molecule has 0 aromatic carbocycles. The highest BCUT2D eigenvalue weighted by Gasteiger charge is 2.38. The number of hydroxylamine groups is 2.